The number of nitrogens with zero attached hydrogens (tertiary/aromatic N) is 1. The molecule has 1 fully saturated rings. The van der Waals surface area contributed by atoms with Gasteiger partial charge < -0.3 is 20.8 Å². The Kier molecular flexibility index (Phi) is 5.81. The van der Waals surface area contributed by atoms with Gasteiger partial charge in [-0.1, -0.05) is 19.1 Å². The number of hydrogen-bond acceptors (Lipinski definition) is 5. The summed E-state index contributed by atoms with van der Waals surface area (Å²) in [5, 5.41) is 25.6. The Morgan fingerprint density at radius 2 is 2.39 bits per heavy atom. The summed E-state index contributed by atoms with van der Waals surface area (Å²) < 4.78 is 12.8. The average Bonchev–Trinajstić information content (AvgIpc) is 2.85. The maximum Gasteiger partial charge on any atom is 0.220 e. The lowest BCUT2D eigenvalue weighted by Gasteiger charge is -2.33. The number of hydrogen-bond donors (Lipinski definition) is 4. The largest absolute Gasteiger partial charge is 0.395 e. The molecule has 0 aliphatic carbocycles. The minimum absolute atomic E-state index is 0.165. The quantitative estimate of drug-likeness (QED) is 0.562. The van der Waals surface area contributed by atoms with Crippen LogP contribution in [-0.4, -0.2) is 51.9 Å². The van der Waals surface area contributed by atoms with Crippen LogP contribution in [0.25, 0.3) is 6.08 Å². The maximum atomic E-state index is 12.8. The van der Waals surface area contributed by atoms with Crippen molar-refractivity contribution >= 4 is 12.0 Å². The Balaban J connectivity index is 2.12. The maximum absolute atomic E-state index is 12.8. The van der Waals surface area contributed by atoms with Crippen LogP contribution in [0.1, 0.15) is 25.3 Å². The van der Waals surface area contributed by atoms with Gasteiger partial charge in [0.25, 0.3) is 0 Å². The van der Waals surface area contributed by atoms with Crippen molar-refractivity contribution in [1.29, 1.82) is 0 Å². The molecule has 0 radical (unpaired) electrons. The van der Waals surface area contributed by atoms with Crippen molar-refractivity contribution in [3.05, 3.63) is 35.9 Å². The zero-order valence-electron chi connectivity index (χ0n) is 13.0. The molecule has 0 bridgehead atoms. The standard InChI is InChI=1S/C16H22FN3O3/c1-2-14(22)20-16(10-19-12(9-21)15(16)23)7-3-4-11-5-6-13(17)18-8-11/h3-6,8,12,15,19,21,23H,2,7,9-10H2,1H3,(H,20,22)/b4-3+/t12-,15+,16-/m0/s1. The highest BCUT2D eigenvalue weighted by Gasteiger charge is 2.47. The Labute approximate surface area is 134 Å². The Morgan fingerprint density at radius 3 is 2.96 bits per heavy atom. The van der Waals surface area contributed by atoms with Gasteiger partial charge in [0.15, 0.2) is 0 Å². The smallest absolute Gasteiger partial charge is 0.220 e. The van der Waals surface area contributed by atoms with Gasteiger partial charge in [-0.3, -0.25) is 4.79 Å². The zero-order valence-corrected chi connectivity index (χ0v) is 13.0. The van der Waals surface area contributed by atoms with Crippen molar-refractivity contribution in [3.8, 4) is 0 Å². The van der Waals surface area contributed by atoms with Crippen LogP contribution >= 0.6 is 0 Å². The molecule has 1 aromatic heterocycles. The Hall–Kier alpha value is -1.83. The third-order valence-corrected chi connectivity index (χ3v) is 4.08. The first kappa shape index (κ1) is 17.5. The molecule has 6 nitrogen and oxygen atoms in total. The molecule has 2 rings (SSSR count). The minimum Gasteiger partial charge on any atom is -0.395 e. The van der Waals surface area contributed by atoms with Gasteiger partial charge in [-0.05, 0) is 24.1 Å². The van der Waals surface area contributed by atoms with Gasteiger partial charge in [-0.2, -0.15) is 4.39 Å². The normalized spacial score (nSPS) is 27.5. The van der Waals surface area contributed by atoms with Gasteiger partial charge in [0.1, 0.15) is 0 Å². The molecule has 7 heteroatoms. The predicted molar refractivity (Wildman–Crippen MR) is 83.9 cm³/mol. The number of aliphatic hydroxyl groups is 2. The molecule has 3 atom stereocenters. The molecular weight excluding hydrogens is 301 g/mol. The lowest BCUT2D eigenvalue weighted by molar-refractivity contribution is -0.123. The third-order valence-electron chi connectivity index (χ3n) is 4.08. The summed E-state index contributed by atoms with van der Waals surface area (Å²) >= 11 is 0. The van der Waals surface area contributed by atoms with Gasteiger partial charge in [-0.25, -0.2) is 4.98 Å². The number of aromatic nitrogens is 1. The lowest BCUT2D eigenvalue weighted by atomic mass is 9.88. The number of nitrogens with one attached hydrogen (secondary N) is 2. The summed E-state index contributed by atoms with van der Waals surface area (Å²) in [5.74, 6) is -0.712. The molecule has 1 aromatic rings. The number of amides is 1. The minimum atomic E-state index is -0.904. The van der Waals surface area contributed by atoms with Crippen LogP contribution < -0.4 is 10.6 Å². The first-order valence-electron chi connectivity index (χ1n) is 7.62. The van der Waals surface area contributed by atoms with Gasteiger partial charge in [0.2, 0.25) is 11.9 Å². The van der Waals surface area contributed by atoms with E-state index in [1.165, 1.54) is 12.3 Å². The second-order valence-electron chi connectivity index (χ2n) is 5.69. The van der Waals surface area contributed by atoms with Crippen LogP contribution in [-0.2, 0) is 4.79 Å². The van der Waals surface area contributed by atoms with Gasteiger partial charge in [0.05, 0.1) is 24.3 Å². The molecule has 0 aromatic carbocycles. The first-order chi connectivity index (χ1) is 11.0. The van der Waals surface area contributed by atoms with Crippen LogP contribution in [0.5, 0.6) is 0 Å². The van der Waals surface area contributed by atoms with Crippen molar-refractivity contribution in [1.82, 2.24) is 15.6 Å². The molecule has 1 aliphatic heterocycles. The van der Waals surface area contributed by atoms with E-state index in [-0.39, 0.29) is 12.5 Å². The number of aliphatic hydroxyl groups excluding tert-OH is 2. The van der Waals surface area contributed by atoms with Gasteiger partial charge in [-0.15, -0.1) is 0 Å². The molecule has 0 unspecified atom stereocenters. The molecule has 1 saturated heterocycles. The second-order valence-corrected chi connectivity index (χ2v) is 5.69. The highest BCUT2D eigenvalue weighted by atomic mass is 19.1. The van der Waals surface area contributed by atoms with E-state index in [0.29, 0.717) is 19.4 Å². The number of rotatable bonds is 6. The van der Waals surface area contributed by atoms with Crippen molar-refractivity contribution in [2.24, 2.45) is 0 Å². The number of carbonyl (C=O) groups excluding carboxylic acids is 1. The number of halogens is 1. The van der Waals surface area contributed by atoms with Crippen LogP contribution in [0.2, 0.25) is 0 Å². The van der Waals surface area contributed by atoms with Crippen LogP contribution in [0.3, 0.4) is 0 Å². The fourth-order valence-corrected chi connectivity index (χ4v) is 2.70. The molecule has 0 saturated carbocycles. The average molecular weight is 323 g/mol. The van der Waals surface area contributed by atoms with Gasteiger partial charge in [0, 0.05) is 19.2 Å². The van der Waals surface area contributed by atoms with Crippen molar-refractivity contribution in [2.75, 3.05) is 13.2 Å². The fourth-order valence-electron chi connectivity index (χ4n) is 2.70. The Morgan fingerprint density at radius 1 is 1.61 bits per heavy atom. The highest BCUT2D eigenvalue weighted by Crippen LogP contribution is 2.25. The van der Waals surface area contributed by atoms with E-state index in [4.69, 9.17) is 0 Å². The lowest BCUT2D eigenvalue weighted by Crippen LogP contribution is -2.57. The van der Waals surface area contributed by atoms with E-state index in [1.54, 1.807) is 25.1 Å². The Bertz CT molecular complexity index is 564. The van der Waals surface area contributed by atoms with Crippen molar-refractivity contribution in [2.45, 2.75) is 37.5 Å². The van der Waals surface area contributed by atoms with E-state index in [2.05, 4.69) is 15.6 Å². The summed E-state index contributed by atoms with van der Waals surface area (Å²) in [4.78, 5) is 15.4. The van der Waals surface area contributed by atoms with E-state index in [1.807, 2.05) is 0 Å². The monoisotopic (exact) mass is 323 g/mol. The SMILES string of the molecule is CCC(=O)N[C@@]1(C/C=C/c2ccc(F)nc2)CN[C@@H](CO)[C@H]1O. The second kappa shape index (κ2) is 7.63. The summed E-state index contributed by atoms with van der Waals surface area (Å²) in [6, 6.07) is 2.38. The molecule has 4 N–H and O–H groups in total. The highest BCUT2D eigenvalue weighted by molar-refractivity contribution is 5.76. The molecule has 23 heavy (non-hydrogen) atoms. The molecule has 0 spiro atoms. The molecule has 126 valence electrons. The van der Waals surface area contributed by atoms with Crippen LogP contribution in [0.15, 0.2) is 24.4 Å². The summed E-state index contributed by atoms with van der Waals surface area (Å²) in [6.45, 7) is 1.88. The van der Waals surface area contributed by atoms with E-state index >= 15 is 0 Å². The van der Waals surface area contributed by atoms with Crippen LogP contribution in [0.4, 0.5) is 4.39 Å². The molecule has 2 heterocycles. The van der Waals surface area contributed by atoms with E-state index < -0.39 is 23.6 Å². The van der Waals surface area contributed by atoms with Crippen LogP contribution in [0, 0.1) is 5.95 Å². The predicted octanol–water partition coefficient (Wildman–Crippen LogP) is 0.214. The molecular formula is C16H22FN3O3. The fraction of sp³-hybridized carbons (Fsp3) is 0.500. The zero-order chi connectivity index (χ0) is 16.9. The van der Waals surface area contributed by atoms with E-state index in [9.17, 15) is 19.4 Å². The molecule has 1 aliphatic rings. The van der Waals surface area contributed by atoms with Crippen molar-refractivity contribution in [3.63, 3.8) is 0 Å². The van der Waals surface area contributed by atoms with Gasteiger partial charge >= 0.3 is 0 Å². The van der Waals surface area contributed by atoms with Crippen molar-refractivity contribution < 1.29 is 19.4 Å². The summed E-state index contributed by atoms with van der Waals surface area (Å²) in [7, 11) is 0. The summed E-state index contributed by atoms with van der Waals surface area (Å²) in [6.07, 6.45) is 4.74. The molecule has 1 amide bonds. The van der Waals surface area contributed by atoms with E-state index in [0.717, 1.165) is 5.56 Å². The summed E-state index contributed by atoms with van der Waals surface area (Å²) in [5.41, 5.74) is -0.146. The number of carbonyl (C=O) groups is 1. The topological polar surface area (TPSA) is 94.5 Å². The third kappa shape index (κ3) is 4.13. The first-order valence-corrected chi connectivity index (χ1v) is 7.62. The number of pyridine rings is 1.